The molecule has 3 rings (SSSR count). The van der Waals surface area contributed by atoms with Crippen LogP contribution in [0.3, 0.4) is 0 Å². The lowest BCUT2D eigenvalue weighted by molar-refractivity contribution is 0.0973. The summed E-state index contributed by atoms with van der Waals surface area (Å²) in [4.78, 5) is 4.94. The van der Waals surface area contributed by atoms with Gasteiger partial charge in [-0.2, -0.15) is 0 Å². The van der Waals surface area contributed by atoms with Crippen molar-refractivity contribution in [3.05, 3.63) is 64.7 Å². The first-order valence-electron chi connectivity index (χ1n) is 9.76. The maximum atomic E-state index is 6.23. The van der Waals surface area contributed by atoms with Gasteiger partial charge in [0.1, 0.15) is 0 Å². The summed E-state index contributed by atoms with van der Waals surface area (Å²) in [6.07, 6.45) is 0. The highest BCUT2D eigenvalue weighted by molar-refractivity contribution is 7.80. The number of piperazine rings is 1. The summed E-state index contributed by atoms with van der Waals surface area (Å²) >= 11 is 11.8. The van der Waals surface area contributed by atoms with Crippen LogP contribution in [-0.4, -0.2) is 54.2 Å². The van der Waals surface area contributed by atoms with E-state index in [0.717, 1.165) is 42.5 Å². The maximum absolute atomic E-state index is 6.23. The van der Waals surface area contributed by atoms with Gasteiger partial charge in [0.15, 0.2) is 5.11 Å². The van der Waals surface area contributed by atoms with E-state index in [0.29, 0.717) is 5.11 Å². The fraction of sp³-hybridized carbons (Fsp3) is 0.409. The molecule has 4 nitrogen and oxygen atoms in total. The Morgan fingerprint density at radius 1 is 1.04 bits per heavy atom. The number of nitrogens with one attached hydrogen (secondary N) is 2. The molecule has 0 saturated carbocycles. The van der Waals surface area contributed by atoms with Gasteiger partial charge in [-0.05, 0) is 56.4 Å². The van der Waals surface area contributed by atoms with E-state index in [4.69, 9.17) is 23.8 Å². The van der Waals surface area contributed by atoms with Crippen molar-refractivity contribution >= 4 is 34.6 Å². The zero-order chi connectivity index (χ0) is 20.1. The van der Waals surface area contributed by atoms with Gasteiger partial charge < -0.3 is 15.5 Å². The number of anilines is 1. The Morgan fingerprint density at radius 2 is 1.71 bits per heavy atom. The molecule has 2 aromatic carbocycles. The Bertz CT molecular complexity index is 790. The summed E-state index contributed by atoms with van der Waals surface area (Å²) in [5, 5.41) is 8.17. The highest BCUT2D eigenvalue weighted by Gasteiger charge is 2.28. The van der Waals surface area contributed by atoms with Gasteiger partial charge in [-0.15, -0.1) is 0 Å². The van der Waals surface area contributed by atoms with E-state index in [9.17, 15) is 0 Å². The first-order valence-corrected chi connectivity index (χ1v) is 10.5. The molecule has 0 radical (unpaired) electrons. The Labute approximate surface area is 178 Å². The average Bonchev–Trinajstić information content (AvgIpc) is 2.68. The SMILES string of the molecule is Cc1c(Cl)cccc1NC(=S)N[C@@H](C)[C@H](c1ccccc1)N1CCN(C)CC1. The lowest BCUT2D eigenvalue weighted by Crippen LogP contribution is -2.52. The van der Waals surface area contributed by atoms with Crippen LogP contribution in [0.5, 0.6) is 0 Å². The van der Waals surface area contributed by atoms with Gasteiger partial charge in [0.25, 0.3) is 0 Å². The molecule has 0 unspecified atom stereocenters. The van der Waals surface area contributed by atoms with Gasteiger partial charge in [0.05, 0.1) is 6.04 Å². The number of nitrogens with zero attached hydrogens (tertiary/aromatic N) is 2. The smallest absolute Gasteiger partial charge is 0.171 e. The Morgan fingerprint density at radius 3 is 2.39 bits per heavy atom. The number of thiocarbonyl (C=S) groups is 1. The summed E-state index contributed by atoms with van der Waals surface area (Å²) in [5.41, 5.74) is 3.25. The molecule has 1 heterocycles. The minimum Gasteiger partial charge on any atom is -0.358 e. The minimum atomic E-state index is 0.158. The largest absolute Gasteiger partial charge is 0.358 e. The predicted molar refractivity (Wildman–Crippen MR) is 123 cm³/mol. The number of hydrogen-bond acceptors (Lipinski definition) is 3. The minimum absolute atomic E-state index is 0.158. The molecule has 2 aromatic rings. The summed E-state index contributed by atoms with van der Waals surface area (Å²) in [6.45, 7) is 8.47. The van der Waals surface area contributed by atoms with Crippen molar-refractivity contribution in [1.29, 1.82) is 0 Å². The molecule has 6 heteroatoms. The molecule has 2 N–H and O–H groups in total. The van der Waals surface area contributed by atoms with Crippen molar-refractivity contribution < 1.29 is 0 Å². The monoisotopic (exact) mass is 416 g/mol. The second-order valence-corrected chi connectivity index (χ2v) is 8.31. The van der Waals surface area contributed by atoms with Gasteiger partial charge >= 0.3 is 0 Å². The van der Waals surface area contributed by atoms with Gasteiger partial charge in [0, 0.05) is 42.9 Å². The molecule has 1 aliphatic rings. The number of likely N-dealkylation sites (N-methyl/N-ethyl adjacent to an activating group) is 1. The van der Waals surface area contributed by atoms with Crippen LogP contribution in [0.15, 0.2) is 48.5 Å². The van der Waals surface area contributed by atoms with E-state index in [-0.39, 0.29) is 12.1 Å². The number of rotatable bonds is 5. The number of benzene rings is 2. The second-order valence-electron chi connectivity index (χ2n) is 7.49. The van der Waals surface area contributed by atoms with E-state index in [1.807, 2.05) is 25.1 Å². The highest BCUT2D eigenvalue weighted by Crippen LogP contribution is 2.26. The number of hydrogen-bond donors (Lipinski definition) is 2. The Hall–Kier alpha value is -1.66. The van der Waals surface area contributed by atoms with Crippen LogP contribution in [-0.2, 0) is 0 Å². The van der Waals surface area contributed by atoms with Crippen molar-refractivity contribution in [3.8, 4) is 0 Å². The van der Waals surface area contributed by atoms with Crippen LogP contribution in [0.1, 0.15) is 24.1 Å². The fourth-order valence-corrected chi connectivity index (χ4v) is 4.22. The normalized spacial score (nSPS) is 17.7. The van der Waals surface area contributed by atoms with Crippen molar-refractivity contribution in [2.24, 2.45) is 0 Å². The van der Waals surface area contributed by atoms with Crippen LogP contribution < -0.4 is 10.6 Å². The van der Waals surface area contributed by atoms with Crippen LogP contribution in [0, 0.1) is 6.92 Å². The van der Waals surface area contributed by atoms with Gasteiger partial charge in [-0.25, -0.2) is 0 Å². The topological polar surface area (TPSA) is 30.5 Å². The molecule has 0 bridgehead atoms. The van der Waals surface area contributed by atoms with Gasteiger partial charge in [-0.1, -0.05) is 48.0 Å². The van der Waals surface area contributed by atoms with Crippen molar-refractivity contribution in [2.45, 2.75) is 25.9 Å². The van der Waals surface area contributed by atoms with E-state index >= 15 is 0 Å². The molecular weight excluding hydrogens is 388 g/mol. The lowest BCUT2D eigenvalue weighted by Gasteiger charge is -2.41. The van der Waals surface area contributed by atoms with Gasteiger partial charge in [0.2, 0.25) is 0 Å². The van der Waals surface area contributed by atoms with E-state index in [2.05, 4.69) is 64.7 Å². The van der Waals surface area contributed by atoms with Gasteiger partial charge in [-0.3, -0.25) is 4.90 Å². The Balaban J connectivity index is 1.72. The van der Waals surface area contributed by atoms with Crippen molar-refractivity contribution in [3.63, 3.8) is 0 Å². The third-order valence-electron chi connectivity index (χ3n) is 5.42. The third kappa shape index (κ3) is 5.23. The summed E-state index contributed by atoms with van der Waals surface area (Å²) in [6, 6.07) is 16.9. The fourth-order valence-electron chi connectivity index (χ4n) is 3.75. The summed E-state index contributed by atoms with van der Waals surface area (Å²) in [5.74, 6) is 0. The molecule has 0 aromatic heterocycles. The zero-order valence-electron chi connectivity index (χ0n) is 16.8. The summed E-state index contributed by atoms with van der Waals surface area (Å²) in [7, 11) is 2.18. The molecule has 1 fully saturated rings. The quantitative estimate of drug-likeness (QED) is 0.709. The van der Waals surface area contributed by atoms with Crippen molar-refractivity contribution in [2.75, 3.05) is 38.5 Å². The first kappa shape index (κ1) is 21.1. The highest BCUT2D eigenvalue weighted by atomic mass is 35.5. The van der Waals surface area contributed by atoms with Crippen LogP contribution in [0.4, 0.5) is 5.69 Å². The third-order valence-corrected chi connectivity index (χ3v) is 6.05. The van der Waals surface area contributed by atoms with E-state index in [1.165, 1.54) is 5.56 Å². The van der Waals surface area contributed by atoms with Crippen LogP contribution in [0.2, 0.25) is 5.02 Å². The van der Waals surface area contributed by atoms with E-state index in [1.54, 1.807) is 0 Å². The molecule has 0 aliphatic carbocycles. The molecule has 2 atom stereocenters. The zero-order valence-corrected chi connectivity index (χ0v) is 18.4. The first-order chi connectivity index (χ1) is 13.5. The molecule has 0 amide bonds. The summed E-state index contributed by atoms with van der Waals surface area (Å²) < 4.78 is 0. The lowest BCUT2D eigenvalue weighted by atomic mass is 9.98. The van der Waals surface area contributed by atoms with Crippen LogP contribution >= 0.6 is 23.8 Å². The molecular formula is C22H29ClN4S. The molecule has 28 heavy (non-hydrogen) atoms. The molecule has 1 aliphatic heterocycles. The maximum Gasteiger partial charge on any atom is 0.171 e. The van der Waals surface area contributed by atoms with Crippen molar-refractivity contribution in [1.82, 2.24) is 15.1 Å². The standard InChI is InChI=1S/C22H29ClN4S/c1-16-19(23)10-7-11-20(16)25-22(28)24-17(2)21(18-8-5-4-6-9-18)27-14-12-26(3)13-15-27/h4-11,17,21H,12-15H2,1-3H3,(H2,24,25,28)/t17-,21+/m0/s1. The predicted octanol–water partition coefficient (Wildman–Crippen LogP) is 4.31. The second kappa shape index (κ2) is 9.70. The molecule has 0 spiro atoms. The van der Waals surface area contributed by atoms with Crippen LogP contribution in [0.25, 0.3) is 0 Å². The number of halogens is 1. The Kier molecular flexibility index (Phi) is 7.30. The molecule has 1 saturated heterocycles. The average molecular weight is 417 g/mol. The molecule has 150 valence electrons. The van der Waals surface area contributed by atoms with E-state index < -0.39 is 0 Å².